The normalized spacial score (nSPS) is 20.7. The highest BCUT2D eigenvalue weighted by Gasteiger charge is 2.23. The van der Waals surface area contributed by atoms with Gasteiger partial charge in [0.25, 0.3) is 0 Å². The van der Waals surface area contributed by atoms with Crippen molar-refractivity contribution in [2.24, 2.45) is 0 Å². The second-order valence-electron chi connectivity index (χ2n) is 6.63. The fourth-order valence-electron chi connectivity index (χ4n) is 3.74. The number of piperidine rings is 1. The second-order valence-corrected chi connectivity index (χ2v) is 6.63. The second kappa shape index (κ2) is 7.02. The van der Waals surface area contributed by atoms with Gasteiger partial charge in [-0.1, -0.05) is 84.9 Å². The number of benzene rings is 3. The Morgan fingerprint density at radius 2 is 1.25 bits per heavy atom. The molecule has 1 saturated heterocycles. The fraction of sp³-hybridized carbons (Fsp3) is 0.217. The van der Waals surface area contributed by atoms with Gasteiger partial charge >= 0.3 is 0 Å². The van der Waals surface area contributed by atoms with Crippen LogP contribution in [0.5, 0.6) is 0 Å². The SMILES string of the molecule is c1ccc(-c2ccc([C@H]3C[C@@H](c4ccccc4)CCN3)cc2)cc1. The van der Waals surface area contributed by atoms with E-state index < -0.39 is 0 Å². The number of rotatable bonds is 3. The Balaban J connectivity index is 1.51. The predicted molar refractivity (Wildman–Crippen MR) is 101 cm³/mol. The lowest BCUT2D eigenvalue weighted by Crippen LogP contribution is -2.30. The minimum Gasteiger partial charge on any atom is -0.310 e. The van der Waals surface area contributed by atoms with Crippen LogP contribution in [0.4, 0.5) is 0 Å². The van der Waals surface area contributed by atoms with Gasteiger partial charge in [-0.2, -0.15) is 0 Å². The maximum atomic E-state index is 3.69. The van der Waals surface area contributed by atoms with E-state index in [0.29, 0.717) is 12.0 Å². The van der Waals surface area contributed by atoms with Crippen molar-refractivity contribution in [3.05, 3.63) is 96.1 Å². The van der Waals surface area contributed by atoms with Gasteiger partial charge in [0.2, 0.25) is 0 Å². The van der Waals surface area contributed by atoms with Crippen LogP contribution < -0.4 is 5.32 Å². The molecule has 0 saturated carbocycles. The van der Waals surface area contributed by atoms with Gasteiger partial charge in [0.15, 0.2) is 0 Å². The molecule has 2 atom stereocenters. The molecule has 1 N–H and O–H groups in total. The quantitative estimate of drug-likeness (QED) is 0.667. The molecule has 3 aromatic rings. The Kier molecular flexibility index (Phi) is 4.44. The summed E-state index contributed by atoms with van der Waals surface area (Å²) in [5.74, 6) is 0.659. The number of hydrogen-bond donors (Lipinski definition) is 1. The van der Waals surface area contributed by atoms with Gasteiger partial charge < -0.3 is 5.32 Å². The van der Waals surface area contributed by atoms with Crippen LogP contribution in [-0.4, -0.2) is 6.54 Å². The minimum atomic E-state index is 0.453. The largest absolute Gasteiger partial charge is 0.310 e. The molecule has 1 aliphatic heterocycles. The molecule has 1 aliphatic rings. The summed E-state index contributed by atoms with van der Waals surface area (Å²) in [6.07, 6.45) is 2.40. The van der Waals surface area contributed by atoms with Crippen molar-refractivity contribution >= 4 is 0 Å². The zero-order valence-electron chi connectivity index (χ0n) is 13.9. The van der Waals surface area contributed by atoms with Crippen molar-refractivity contribution in [3.8, 4) is 11.1 Å². The monoisotopic (exact) mass is 313 g/mol. The van der Waals surface area contributed by atoms with Crippen molar-refractivity contribution in [2.75, 3.05) is 6.54 Å². The Labute approximate surface area is 144 Å². The van der Waals surface area contributed by atoms with Gasteiger partial charge in [-0.15, -0.1) is 0 Å². The van der Waals surface area contributed by atoms with Gasteiger partial charge in [-0.05, 0) is 47.6 Å². The molecular formula is C23H23N. The summed E-state index contributed by atoms with van der Waals surface area (Å²) in [5, 5.41) is 3.69. The Hall–Kier alpha value is -2.38. The molecule has 1 fully saturated rings. The van der Waals surface area contributed by atoms with E-state index in [9.17, 15) is 0 Å². The van der Waals surface area contributed by atoms with Crippen LogP contribution in [-0.2, 0) is 0 Å². The highest BCUT2D eigenvalue weighted by atomic mass is 14.9. The molecule has 1 heteroatoms. The first-order chi connectivity index (χ1) is 11.9. The zero-order chi connectivity index (χ0) is 16.2. The molecule has 0 unspecified atom stereocenters. The van der Waals surface area contributed by atoms with Gasteiger partial charge in [0, 0.05) is 6.04 Å². The molecule has 4 rings (SSSR count). The fourth-order valence-corrected chi connectivity index (χ4v) is 3.74. The van der Waals surface area contributed by atoms with E-state index in [1.54, 1.807) is 0 Å². The van der Waals surface area contributed by atoms with E-state index in [4.69, 9.17) is 0 Å². The molecule has 0 radical (unpaired) electrons. The van der Waals surface area contributed by atoms with E-state index in [0.717, 1.165) is 6.54 Å². The lowest BCUT2D eigenvalue weighted by Gasteiger charge is -2.31. The lowest BCUT2D eigenvalue weighted by molar-refractivity contribution is 0.370. The topological polar surface area (TPSA) is 12.0 Å². The third-order valence-electron chi connectivity index (χ3n) is 5.09. The number of nitrogens with one attached hydrogen (secondary N) is 1. The van der Waals surface area contributed by atoms with E-state index in [-0.39, 0.29) is 0 Å². The third kappa shape index (κ3) is 3.27. The summed E-state index contributed by atoms with van der Waals surface area (Å²) in [5.41, 5.74) is 5.44. The zero-order valence-corrected chi connectivity index (χ0v) is 13.9. The number of hydrogen-bond acceptors (Lipinski definition) is 1. The maximum absolute atomic E-state index is 3.69. The van der Waals surface area contributed by atoms with E-state index >= 15 is 0 Å². The van der Waals surface area contributed by atoms with Crippen molar-refractivity contribution in [1.82, 2.24) is 5.32 Å². The lowest BCUT2D eigenvalue weighted by atomic mass is 9.84. The van der Waals surface area contributed by atoms with Crippen LogP contribution in [0.15, 0.2) is 84.9 Å². The molecule has 0 bridgehead atoms. The molecule has 0 aliphatic carbocycles. The summed E-state index contributed by atoms with van der Waals surface area (Å²) in [4.78, 5) is 0. The molecule has 0 amide bonds. The van der Waals surface area contributed by atoms with Gasteiger partial charge in [-0.25, -0.2) is 0 Å². The molecule has 0 spiro atoms. The first-order valence-corrected chi connectivity index (χ1v) is 8.84. The average molecular weight is 313 g/mol. The smallest absolute Gasteiger partial charge is 0.0326 e. The van der Waals surface area contributed by atoms with Crippen molar-refractivity contribution in [3.63, 3.8) is 0 Å². The summed E-state index contributed by atoms with van der Waals surface area (Å²) in [6.45, 7) is 1.09. The first-order valence-electron chi connectivity index (χ1n) is 8.84. The summed E-state index contributed by atoms with van der Waals surface area (Å²) in [7, 11) is 0. The van der Waals surface area contributed by atoms with Crippen molar-refractivity contribution in [1.29, 1.82) is 0 Å². The third-order valence-corrected chi connectivity index (χ3v) is 5.09. The Bertz CT molecular complexity index is 762. The highest BCUT2D eigenvalue weighted by Crippen LogP contribution is 2.34. The van der Waals surface area contributed by atoms with E-state index in [2.05, 4.69) is 90.2 Å². The summed E-state index contributed by atoms with van der Waals surface area (Å²) in [6, 6.07) is 31.0. The van der Waals surface area contributed by atoms with Crippen LogP contribution in [0.25, 0.3) is 11.1 Å². The average Bonchev–Trinajstić information content (AvgIpc) is 2.70. The van der Waals surface area contributed by atoms with Gasteiger partial charge in [0.1, 0.15) is 0 Å². The molecular weight excluding hydrogens is 290 g/mol. The molecule has 1 nitrogen and oxygen atoms in total. The van der Waals surface area contributed by atoms with Crippen LogP contribution in [0.2, 0.25) is 0 Å². The highest BCUT2D eigenvalue weighted by molar-refractivity contribution is 5.63. The Morgan fingerprint density at radius 1 is 0.625 bits per heavy atom. The van der Waals surface area contributed by atoms with Crippen LogP contribution in [0, 0.1) is 0 Å². The molecule has 3 aromatic carbocycles. The molecule has 120 valence electrons. The Morgan fingerprint density at radius 3 is 1.96 bits per heavy atom. The maximum Gasteiger partial charge on any atom is 0.0326 e. The van der Waals surface area contributed by atoms with Crippen molar-refractivity contribution < 1.29 is 0 Å². The standard InChI is InChI=1S/C23H23N/c1-3-7-18(8-4-1)20-11-13-21(14-12-20)23-17-22(15-16-24-23)19-9-5-2-6-10-19/h1-14,22-24H,15-17H2/t22-,23+/m0/s1. The summed E-state index contributed by atoms with van der Waals surface area (Å²) < 4.78 is 0. The van der Waals surface area contributed by atoms with Crippen LogP contribution in [0.3, 0.4) is 0 Å². The molecule has 0 aromatic heterocycles. The summed E-state index contributed by atoms with van der Waals surface area (Å²) >= 11 is 0. The minimum absolute atomic E-state index is 0.453. The van der Waals surface area contributed by atoms with E-state index in [1.807, 2.05) is 0 Å². The van der Waals surface area contributed by atoms with Gasteiger partial charge in [0.05, 0.1) is 0 Å². The van der Waals surface area contributed by atoms with Crippen LogP contribution in [0.1, 0.15) is 35.9 Å². The van der Waals surface area contributed by atoms with E-state index in [1.165, 1.54) is 35.1 Å². The molecule has 1 heterocycles. The van der Waals surface area contributed by atoms with Crippen LogP contribution >= 0.6 is 0 Å². The van der Waals surface area contributed by atoms with Crippen molar-refractivity contribution in [2.45, 2.75) is 24.8 Å². The first kappa shape index (κ1) is 15.2. The predicted octanol–water partition coefficient (Wildman–Crippen LogP) is 5.56. The van der Waals surface area contributed by atoms with Gasteiger partial charge in [-0.3, -0.25) is 0 Å². The molecule has 24 heavy (non-hydrogen) atoms.